The molecule has 7 heteroatoms. The average Bonchev–Trinajstić information content (AvgIpc) is 2.86. The Kier molecular flexibility index (Phi) is 7.26. The maximum atomic E-state index is 13.5. The summed E-state index contributed by atoms with van der Waals surface area (Å²) in [5.74, 6) is -0.275. The Balaban J connectivity index is 1.44. The summed E-state index contributed by atoms with van der Waals surface area (Å²) >= 11 is 0. The first-order chi connectivity index (χ1) is 17.4. The Morgan fingerprint density at radius 2 is 1.64 bits per heavy atom. The smallest absolute Gasteiger partial charge is 0.243 e. The molecule has 3 atom stereocenters. The molecule has 5 rings (SSSR count). The Morgan fingerprint density at radius 3 is 2.33 bits per heavy atom. The van der Waals surface area contributed by atoms with E-state index in [9.17, 15) is 12.8 Å². The highest BCUT2D eigenvalue weighted by Gasteiger charge is 2.50. The second-order valence-corrected chi connectivity index (χ2v) is 11.8. The lowest BCUT2D eigenvalue weighted by Crippen LogP contribution is -2.68. The van der Waals surface area contributed by atoms with E-state index in [1.165, 1.54) is 46.5 Å². The Morgan fingerprint density at radius 1 is 0.944 bits per heavy atom. The third kappa shape index (κ3) is 4.73. The zero-order chi connectivity index (χ0) is 25.3. The first-order valence-electron chi connectivity index (χ1n) is 12.6. The largest absolute Gasteiger partial charge is 0.383 e. The lowest BCUT2D eigenvalue weighted by molar-refractivity contribution is -0.0635. The second kappa shape index (κ2) is 10.4. The van der Waals surface area contributed by atoms with Crippen molar-refractivity contribution in [3.8, 4) is 11.1 Å². The molecule has 3 aromatic carbocycles. The van der Waals surface area contributed by atoms with Gasteiger partial charge in [0.05, 0.1) is 11.5 Å². The molecule has 2 aliphatic rings. The number of aryl methyl sites for hydroxylation is 1. The van der Waals surface area contributed by atoms with Crippen molar-refractivity contribution < 1.29 is 17.5 Å². The van der Waals surface area contributed by atoms with Crippen molar-refractivity contribution in [2.45, 2.75) is 42.7 Å². The summed E-state index contributed by atoms with van der Waals surface area (Å²) in [6, 6.07) is 22.5. The SMILES string of the molecule is COC[C@@H]1[C@H](c2ccc(-c3ccccc3C)cc2)[C@@H]2CN(S(=O)(=O)c3ccc(F)cc3)CCCCN12. The van der Waals surface area contributed by atoms with Crippen LogP contribution < -0.4 is 0 Å². The molecule has 2 aliphatic heterocycles. The van der Waals surface area contributed by atoms with Gasteiger partial charge in [-0.1, -0.05) is 48.5 Å². The molecule has 0 amide bonds. The zero-order valence-electron chi connectivity index (χ0n) is 20.8. The summed E-state index contributed by atoms with van der Waals surface area (Å²) in [4.78, 5) is 2.55. The van der Waals surface area contributed by atoms with Crippen LogP contribution in [0.25, 0.3) is 11.1 Å². The predicted molar refractivity (Wildman–Crippen MR) is 140 cm³/mol. The zero-order valence-corrected chi connectivity index (χ0v) is 21.6. The van der Waals surface area contributed by atoms with Gasteiger partial charge in [-0.25, -0.2) is 12.8 Å². The van der Waals surface area contributed by atoms with Gasteiger partial charge in [-0.3, -0.25) is 4.90 Å². The quantitative estimate of drug-likeness (QED) is 0.467. The molecule has 5 nitrogen and oxygen atoms in total. The van der Waals surface area contributed by atoms with Crippen LogP contribution in [0.15, 0.2) is 77.7 Å². The number of hydrogen-bond donors (Lipinski definition) is 0. The van der Waals surface area contributed by atoms with Gasteiger partial charge in [-0.15, -0.1) is 0 Å². The number of rotatable bonds is 6. The normalized spacial score (nSPS) is 23.4. The standard InChI is InChI=1S/C29H33FN2O3S/c1-21-7-3-4-8-26(21)22-9-11-23(12-10-22)29-27-19-31(17-5-6-18-32(27)28(29)20-35-2)36(33,34)25-15-13-24(30)14-16-25/h3-4,7-16,27-29H,5-6,17-20H2,1-2H3/t27-,28+,29+/m0/s1. The highest BCUT2D eigenvalue weighted by molar-refractivity contribution is 7.89. The van der Waals surface area contributed by atoms with Gasteiger partial charge in [0.1, 0.15) is 5.82 Å². The Labute approximate surface area is 213 Å². The van der Waals surface area contributed by atoms with E-state index in [-0.39, 0.29) is 22.9 Å². The summed E-state index contributed by atoms with van der Waals surface area (Å²) in [6.07, 6.45) is 1.71. The molecular formula is C29H33FN2O3S. The van der Waals surface area contributed by atoms with Gasteiger partial charge in [0.15, 0.2) is 0 Å². The minimum absolute atomic E-state index is 0.0602. The molecule has 0 bridgehead atoms. The molecule has 36 heavy (non-hydrogen) atoms. The minimum atomic E-state index is -3.71. The van der Waals surface area contributed by atoms with Crippen LogP contribution in [-0.4, -0.2) is 63.1 Å². The molecule has 0 aromatic heterocycles. The van der Waals surface area contributed by atoms with E-state index in [1.807, 2.05) is 6.07 Å². The van der Waals surface area contributed by atoms with Crippen molar-refractivity contribution in [1.29, 1.82) is 0 Å². The lowest BCUT2D eigenvalue weighted by atomic mass is 9.74. The molecule has 0 radical (unpaired) electrons. The van der Waals surface area contributed by atoms with Gasteiger partial charge in [-0.2, -0.15) is 4.31 Å². The topological polar surface area (TPSA) is 49.9 Å². The van der Waals surface area contributed by atoms with Gasteiger partial charge in [0.25, 0.3) is 0 Å². The number of nitrogens with zero attached hydrogens (tertiary/aromatic N) is 2. The third-order valence-corrected chi connectivity index (χ3v) is 9.57. The molecule has 3 aromatic rings. The van der Waals surface area contributed by atoms with Crippen molar-refractivity contribution in [2.75, 3.05) is 33.4 Å². The molecule has 2 saturated heterocycles. The predicted octanol–water partition coefficient (Wildman–Crippen LogP) is 5.07. The monoisotopic (exact) mass is 508 g/mol. The van der Waals surface area contributed by atoms with E-state index in [2.05, 4.69) is 54.3 Å². The number of ether oxygens (including phenoxy) is 1. The van der Waals surface area contributed by atoms with Gasteiger partial charge in [0.2, 0.25) is 10.0 Å². The maximum absolute atomic E-state index is 13.5. The number of fused-ring (bicyclic) bond motifs is 1. The molecule has 2 fully saturated rings. The van der Waals surface area contributed by atoms with Crippen molar-refractivity contribution >= 4 is 10.0 Å². The first-order valence-corrected chi connectivity index (χ1v) is 14.0. The molecule has 0 spiro atoms. The van der Waals surface area contributed by atoms with E-state index in [4.69, 9.17) is 4.74 Å². The number of methoxy groups -OCH3 is 1. The highest BCUT2D eigenvalue weighted by Crippen LogP contribution is 2.43. The fourth-order valence-electron chi connectivity index (χ4n) is 5.82. The van der Waals surface area contributed by atoms with Crippen LogP contribution in [0.1, 0.15) is 29.9 Å². The van der Waals surface area contributed by atoms with Crippen molar-refractivity contribution in [3.05, 3.63) is 89.7 Å². The van der Waals surface area contributed by atoms with E-state index >= 15 is 0 Å². The summed E-state index contributed by atoms with van der Waals surface area (Å²) in [6.45, 7) is 4.53. The van der Waals surface area contributed by atoms with E-state index in [1.54, 1.807) is 11.4 Å². The van der Waals surface area contributed by atoms with E-state index < -0.39 is 15.8 Å². The van der Waals surface area contributed by atoms with Crippen molar-refractivity contribution in [2.24, 2.45) is 0 Å². The van der Waals surface area contributed by atoms with Crippen LogP contribution >= 0.6 is 0 Å². The summed E-state index contributed by atoms with van der Waals surface area (Å²) in [5.41, 5.74) is 4.83. The van der Waals surface area contributed by atoms with Gasteiger partial charge in [-0.05, 0) is 72.8 Å². The molecule has 0 saturated carbocycles. The van der Waals surface area contributed by atoms with Gasteiger partial charge in [0, 0.05) is 38.2 Å². The number of sulfonamides is 1. The summed E-state index contributed by atoms with van der Waals surface area (Å²) in [5, 5.41) is 0. The highest BCUT2D eigenvalue weighted by atomic mass is 32.2. The summed E-state index contributed by atoms with van der Waals surface area (Å²) in [7, 11) is -1.99. The number of halogens is 1. The molecule has 190 valence electrons. The fraction of sp³-hybridized carbons (Fsp3) is 0.379. The average molecular weight is 509 g/mol. The number of hydrogen-bond acceptors (Lipinski definition) is 4. The molecular weight excluding hydrogens is 475 g/mol. The maximum Gasteiger partial charge on any atom is 0.243 e. The second-order valence-electron chi connectivity index (χ2n) is 9.81. The van der Waals surface area contributed by atoms with Gasteiger partial charge >= 0.3 is 0 Å². The van der Waals surface area contributed by atoms with Crippen LogP contribution in [0.5, 0.6) is 0 Å². The van der Waals surface area contributed by atoms with Crippen molar-refractivity contribution in [1.82, 2.24) is 9.21 Å². The Bertz CT molecular complexity index is 1290. The Hall–Kier alpha value is -2.58. The van der Waals surface area contributed by atoms with Gasteiger partial charge < -0.3 is 4.74 Å². The van der Waals surface area contributed by atoms with E-state index in [0.717, 1.165) is 19.4 Å². The summed E-state index contributed by atoms with van der Waals surface area (Å²) < 4.78 is 47.6. The van der Waals surface area contributed by atoms with E-state index in [0.29, 0.717) is 19.7 Å². The molecule has 0 aliphatic carbocycles. The van der Waals surface area contributed by atoms with Crippen LogP contribution in [0, 0.1) is 12.7 Å². The molecule has 0 unspecified atom stereocenters. The van der Waals surface area contributed by atoms with Crippen LogP contribution in [-0.2, 0) is 14.8 Å². The minimum Gasteiger partial charge on any atom is -0.383 e. The van der Waals surface area contributed by atoms with Crippen molar-refractivity contribution in [3.63, 3.8) is 0 Å². The molecule has 2 heterocycles. The molecule has 0 N–H and O–H groups in total. The number of benzene rings is 3. The van der Waals surface area contributed by atoms with Crippen LogP contribution in [0.3, 0.4) is 0 Å². The van der Waals surface area contributed by atoms with Crippen LogP contribution in [0.2, 0.25) is 0 Å². The van der Waals surface area contributed by atoms with Crippen LogP contribution in [0.4, 0.5) is 4.39 Å². The first kappa shape index (κ1) is 25.1. The third-order valence-electron chi connectivity index (χ3n) is 7.69. The lowest BCUT2D eigenvalue weighted by Gasteiger charge is -2.57. The fourth-order valence-corrected chi connectivity index (χ4v) is 7.31.